The molecule has 1 aliphatic rings. The Morgan fingerprint density at radius 2 is 2.21 bits per heavy atom. The summed E-state index contributed by atoms with van der Waals surface area (Å²) in [5.41, 5.74) is 1.71. The number of benzene rings is 1. The van der Waals surface area contributed by atoms with Crippen LogP contribution in [-0.4, -0.2) is 22.1 Å². The molecule has 0 fully saturated rings. The molecule has 2 aromatic heterocycles. The Labute approximate surface area is 146 Å². The van der Waals surface area contributed by atoms with E-state index in [1.165, 1.54) is 23.1 Å². The second-order valence-electron chi connectivity index (χ2n) is 5.21. The molecule has 0 aliphatic carbocycles. The Bertz CT molecular complexity index is 978. The maximum Gasteiger partial charge on any atom is 0.272 e. The average molecular weight is 358 g/mol. The van der Waals surface area contributed by atoms with E-state index in [1.54, 1.807) is 10.6 Å². The Balaban J connectivity index is 1.77. The summed E-state index contributed by atoms with van der Waals surface area (Å²) in [5, 5.41) is 2.59. The van der Waals surface area contributed by atoms with Crippen molar-refractivity contribution in [3.8, 4) is 11.5 Å². The molecule has 3 heterocycles. The topological polar surface area (TPSA) is 53.4 Å². The molecule has 0 saturated heterocycles. The molecule has 122 valence electrons. The van der Waals surface area contributed by atoms with E-state index in [-0.39, 0.29) is 12.4 Å². The number of hydrogen-bond donors (Lipinski definition) is 0. The lowest BCUT2D eigenvalue weighted by Gasteiger charge is -2.12. The summed E-state index contributed by atoms with van der Waals surface area (Å²) in [5.74, 6) is 2.15. The quantitative estimate of drug-likeness (QED) is 0.397. The minimum absolute atomic E-state index is 0.0146. The highest BCUT2D eigenvalue weighted by Crippen LogP contribution is 2.33. The summed E-state index contributed by atoms with van der Waals surface area (Å²) >= 11 is 2.93. The smallest absolute Gasteiger partial charge is 0.272 e. The van der Waals surface area contributed by atoms with Crippen molar-refractivity contribution < 1.29 is 9.47 Å². The lowest BCUT2D eigenvalue weighted by Crippen LogP contribution is -2.23. The fourth-order valence-electron chi connectivity index (χ4n) is 2.53. The van der Waals surface area contributed by atoms with Gasteiger partial charge in [-0.25, -0.2) is 4.98 Å². The van der Waals surface area contributed by atoms with Crippen LogP contribution in [0.25, 0.3) is 10.2 Å². The molecule has 0 atom stereocenters. The molecule has 0 saturated carbocycles. The standard InChI is InChI=1S/C17H14N2O3S2/c1-2-6-24-17-18-12-5-7-23-15(12)16(20)19(17)9-11-3-4-13-14(8-11)22-10-21-13/h2-5,7-8H,1,6,9-10H2. The first-order chi connectivity index (χ1) is 11.8. The van der Waals surface area contributed by atoms with Crippen molar-refractivity contribution in [2.45, 2.75) is 11.7 Å². The summed E-state index contributed by atoms with van der Waals surface area (Å²) in [6.45, 7) is 4.42. The van der Waals surface area contributed by atoms with Gasteiger partial charge in [0.15, 0.2) is 16.7 Å². The molecule has 0 bridgehead atoms. The van der Waals surface area contributed by atoms with Crippen LogP contribution in [0.4, 0.5) is 0 Å². The van der Waals surface area contributed by atoms with Crippen LogP contribution in [0.2, 0.25) is 0 Å². The van der Waals surface area contributed by atoms with Crippen LogP contribution in [0.3, 0.4) is 0 Å². The van der Waals surface area contributed by atoms with Crippen molar-refractivity contribution in [1.82, 2.24) is 9.55 Å². The van der Waals surface area contributed by atoms with Gasteiger partial charge in [0.05, 0.1) is 12.1 Å². The molecule has 4 rings (SSSR count). The Morgan fingerprint density at radius 3 is 3.08 bits per heavy atom. The highest BCUT2D eigenvalue weighted by molar-refractivity contribution is 7.99. The Morgan fingerprint density at radius 1 is 1.33 bits per heavy atom. The number of rotatable bonds is 5. The molecule has 0 radical (unpaired) electrons. The van der Waals surface area contributed by atoms with Gasteiger partial charge >= 0.3 is 0 Å². The minimum atomic E-state index is -0.0146. The fraction of sp³-hybridized carbons (Fsp3) is 0.176. The van der Waals surface area contributed by atoms with Crippen molar-refractivity contribution in [2.24, 2.45) is 0 Å². The van der Waals surface area contributed by atoms with Crippen LogP contribution < -0.4 is 15.0 Å². The molecule has 24 heavy (non-hydrogen) atoms. The second-order valence-corrected chi connectivity index (χ2v) is 7.11. The van der Waals surface area contributed by atoms with Crippen molar-refractivity contribution >= 4 is 33.3 Å². The van der Waals surface area contributed by atoms with Gasteiger partial charge in [-0.2, -0.15) is 0 Å². The Kier molecular flexibility index (Phi) is 4.03. The summed E-state index contributed by atoms with van der Waals surface area (Å²) in [6, 6.07) is 7.61. The first kappa shape index (κ1) is 15.3. The first-order valence-electron chi connectivity index (χ1n) is 7.36. The van der Waals surface area contributed by atoms with Crippen molar-refractivity contribution in [3.05, 3.63) is 58.2 Å². The molecule has 5 nitrogen and oxygen atoms in total. The molecule has 1 aromatic carbocycles. The third-order valence-electron chi connectivity index (χ3n) is 3.64. The van der Waals surface area contributed by atoms with Gasteiger partial charge in [-0.1, -0.05) is 23.9 Å². The van der Waals surface area contributed by atoms with E-state index in [0.717, 1.165) is 16.8 Å². The monoisotopic (exact) mass is 358 g/mol. The average Bonchev–Trinajstić information content (AvgIpc) is 3.24. The lowest BCUT2D eigenvalue weighted by atomic mass is 10.2. The van der Waals surface area contributed by atoms with Gasteiger partial charge in [-0.05, 0) is 29.1 Å². The zero-order valence-corrected chi connectivity index (χ0v) is 14.4. The minimum Gasteiger partial charge on any atom is -0.454 e. The van der Waals surface area contributed by atoms with Gasteiger partial charge in [-0.15, -0.1) is 17.9 Å². The predicted molar refractivity (Wildman–Crippen MR) is 96.5 cm³/mol. The predicted octanol–water partition coefficient (Wildman–Crippen LogP) is 3.51. The van der Waals surface area contributed by atoms with E-state index < -0.39 is 0 Å². The normalized spacial score (nSPS) is 12.7. The molecular formula is C17H14N2O3S2. The second kappa shape index (κ2) is 6.33. The SMILES string of the molecule is C=CCSc1nc2ccsc2c(=O)n1Cc1ccc2c(c1)OCO2. The number of thiophene rings is 1. The van der Waals surface area contributed by atoms with Gasteiger partial charge in [0, 0.05) is 5.75 Å². The van der Waals surface area contributed by atoms with E-state index in [4.69, 9.17) is 9.47 Å². The number of aromatic nitrogens is 2. The van der Waals surface area contributed by atoms with E-state index in [9.17, 15) is 4.79 Å². The number of ether oxygens (including phenoxy) is 2. The number of fused-ring (bicyclic) bond motifs is 2. The zero-order valence-electron chi connectivity index (χ0n) is 12.7. The maximum atomic E-state index is 12.8. The van der Waals surface area contributed by atoms with E-state index >= 15 is 0 Å². The van der Waals surface area contributed by atoms with Gasteiger partial charge in [0.25, 0.3) is 5.56 Å². The maximum absolute atomic E-state index is 12.8. The van der Waals surface area contributed by atoms with Crippen LogP contribution in [0.15, 0.2) is 52.3 Å². The molecule has 0 unspecified atom stereocenters. The molecule has 7 heteroatoms. The molecule has 0 N–H and O–H groups in total. The van der Waals surface area contributed by atoms with Crippen LogP contribution in [0, 0.1) is 0 Å². The van der Waals surface area contributed by atoms with Crippen LogP contribution in [0.1, 0.15) is 5.56 Å². The molecular weight excluding hydrogens is 344 g/mol. The summed E-state index contributed by atoms with van der Waals surface area (Å²) in [4.78, 5) is 17.5. The summed E-state index contributed by atoms with van der Waals surface area (Å²) < 4.78 is 13.1. The summed E-state index contributed by atoms with van der Waals surface area (Å²) in [7, 11) is 0. The molecule has 0 spiro atoms. The van der Waals surface area contributed by atoms with E-state index in [2.05, 4.69) is 11.6 Å². The zero-order chi connectivity index (χ0) is 16.5. The third kappa shape index (κ3) is 2.70. The van der Waals surface area contributed by atoms with Crippen LogP contribution in [-0.2, 0) is 6.54 Å². The number of hydrogen-bond acceptors (Lipinski definition) is 6. The fourth-order valence-corrected chi connectivity index (χ4v) is 4.04. The largest absolute Gasteiger partial charge is 0.454 e. The van der Waals surface area contributed by atoms with Gasteiger partial charge in [0.2, 0.25) is 6.79 Å². The summed E-state index contributed by atoms with van der Waals surface area (Å²) in [6.07, 6.45) is 1.81. The highest BCUT2D eigenvalue weighted by Gasteiger charge is 2.16. The number of thioether (sulfide) groups is 1. The lowest BCUT2D eigenvalue weighted by molar-refractivity contribution is 0.174. The van der Waals surface area contributed by atoms with Gasteiger partial charge in [-0.3, -0.25) is 9.36 Å². The van der Waals surface area contributed by atoms with Crippen LogP contribution >= 0.6 is 23.1 Å². The van der Waals surface area contributed by atoms with Gasteiger partial charge < -0.3 is 9.47 Å². The first-order valence-corrected chi connectivity index (χ1v) is 9.23. The molecule has 1 aliphatic heterocycles. The number of nitrogens with zero attached hydrogens (tertiary/aromatic N) is 2. The van der Waals surface area contributed by atoms with Crippen molar-refractivity contribution in [3.63, 3.8) is 0 Å². The highest BCUT2D eigenvalue weighted by atomic mass is 32.2. The Hall–Kier alpha value is -2.25. The molecule has 0 amide bonds. The van der Waals surface area contributed by atoms with Crippen molar-refractivity contribution in [2.75, 3.05) is 12.5 Å². The van der Waals surface area contributed by atoms with Crippen molar-refractivity contribution in [1.29, 1.82) is 0 Å². The van der Waals surface area contributed by atoms with E-state index in [1.807, 2.05) is 29.6 Å². The van der Waals surface area contributed by atoms with Crippen LogP contribution in [0.5, 0.6) is 11.5 Å². The molecule has 3 aromatic rings. The van der Waals surface area contributed by atoms with E-state index in [0.29, 0.717) is 27.9 Å². The third-order valence-corrected chi connectivity index (χ3v) is 5.50. The van der Waals surface area contributed by atoms with Gasteiger partial charge in [0.1, 0.15) is 4.70 Å².